The number of rotatable bonds is 3. The molecule has 1 aromatic rings. The van der Waals surface area contributed by atoms with Gasteiger partial charge in [0, 0.05) is 12.7 Å². The molecule has 2 N–H and O–H groups in total. The van der Waals surface area contributed by atoms with Gasteiger partial charge in [-0.15, -0.1) is 0 Å². The third-order valence-electron chi connectivity index (χ3n) is 2.46. The highest BCUT2D eigenvalue weighted by Gasteiger charge is 2.28. The average Bonchev–Trinajstić information content (AvgIpc) is 2.62. The number of nitrogens with two attached hydrogens (primary N) is 1. The van der Waals surface area contributed by atoms with E-state index >= 15 is 0 Å². The molecule has 0 fully saturated rings. The van der Waals surface area contributed by atoms with E-state index in [4.69, 9.17) is 5.73 Å². The molecule has 0 aliphatic carbocycles. The summed E-state index contributed by atoms with van der Waals surface area (Å²) in [6.07, 6.45) is 3.32. The largest absolute Gasteiger partial charge is 0.321 e. The van der Waals surface area contributed by atoms with E-state index in [0.717, 1.165) is 6.54 Å². The van der Waals surface area contributed by atoms with Crippen LogP contribution < -0.4 is 5.73 Å². The first kappa shape index (κ1) is 11.9. The van der Waals surface area contributed by atoms with Crippen molar-refractivity contribution in [1.29, 1.82) is 0 Å². The molecule has 0 aliphatic heterocycles. The van der Waals surface area contributed by atoms with Gasteiger partial charge in [0.15, 0.2) is 5.78 Å². The molecule has 1 aromatic heterocycles. The van der Waals surface area contributed by atoms with Gasteiger partial charge in [0.05, 0.1) is 17.8 Å². The van der Waals surface area contributed by atoms with Crippen molar-refractivity contribution in [2.45, 2.75) is 40.3 Å². The van der Waals surface area contributed by atoms with Crippen LogP contribution in [0.1, 0.15) is 38.1 Å². The SMILES string of the molecule is CCn1cc(C(=O)C(N)C(C)(C)C)cn1. The zero-order valence-electron chi connectivity index (χ0n) is 9.82. The van der Waals surface area contributed by atoms with Crippen LogP contribution in [0.2, 0.25) is 0 Å². The van der Waals surface area contributed by atoms with Crippen LogP contribution in [0.5, 0.6) is 0 Å². The number of aryl methyl sites for hydroxylation is 1. The second-order valence-corrected chi connectivity index (χ2v) is 4.79. The molecule has 4 heteroatoms. The quantitative estimate of drug-likeness (QED) is 0.767. The Kier molecular flexibility index (Phi) is 3.29. The molecule has 0 amide bonds. The lowest BCUT2D eigenvalue weighted by molar-refractivity contribution is 0.0901. The molecule has 0 saturated carbocycles. The van der Waals surface area contributed by atoms with Crippen molar-refractivity contribution in [2.75, 3.05) is 0 Å². The fraction of sp³-hybridized carbons (Fsp3) is 0.636. The summed E-state index contributed by atoms with van der Waals surface area (Å²) in [6, 6.07) is -0.480. The van der Waals surface area contributed by atoms with Gasteiger partial charge in [0.2, 0.25) is 0 Å². The van der Waals surface area contributed by atoms with E-state index in [0.29, 0.717) is 5.56 Å². The molecule has 0 bridgehead atoms. The Morgan fingerprint density at radius 2 is 2.20 bits per heavy atom. The molecule has 0 saturated heterocycles. The molecular weight excluding hydrogens is 190 g/mol. The number of ketones is 1. The lowest BCUT2D eigenvalue weighted by Gasteiger charge is -2.25. The summed E-state index contributed by atoms with van der Waals surface area (Å²) in [5.41, 5.74) is 6.27. The van der Waals surface area contributed by atoms with Crippen molar-refractivity contribution < 1.29 is 4.79 Å². The van der Waals surface area contributed by atoms with Crippen LogP contribution >= 0.6 is 0 Å². The standard InChI is InChI=1S/C11H19N3O/c1-5-14-7-8(6-13-14)9(15)10(12)11(2,3)4/h6-7,10H,5,12H2,1-4H3. The Hall–Kier alpha value is -1.16. The van der Waals surface area contributed by atoms with Gasteiger partial charge in [-0.3, -0.25) is 9.48 Å². The van der Waals surface area contributed by atoms with Crippen molar-refractivity contribution in [3.63, 3.8) is 0 Å². The fourth-order valence-corrected chi connectivity index (χ4v) is 1.24. The summed E-state index contributed by atoms with van der Waals surface area (Å²) in [7, 11) is 0. The summed E-state index contributed by atoms with van der Waals surface area (Å²) in [5.74, 6) is -0.0396. The molecule has 0 spiro atoms. The van der Waals surface area contributed by atoms with E-state index < -0.39 is 6.04 Å². The van der Waals surface area contributed by atoms with Gasteiger partial charge in [0.1, 0.15) is 0 Å². The number of Topliss-reactive ketones (excluding diaryl/α,β-unsaturated/α-hetero) is 1. The zero-order valence-corrected chi connectivity index (χ0v) is 9.82. The second-order valence-electron chi connectivity index (χ2n) is 4.79. The Bertz CT molecular complexity index is 349. The van der Waals surface area contributed by atoms with Gasteiger partial charge in [-0.05, 0) is 12.3 Å². The molecule has 0 aromatic carbocycles. The van der Waals surface area contributed by atoms with Crippen LogP contribution in [0.25, 0.3) is 0 Å². The molecule has 1 rings (SSSR count). The van der Waals surface area contributed by atoms with Crippen LogP contribution in [0, 0.1) is 5.41 Å². The first-order valence-electron chi connectivity index (χ1n) is 5.18. The maximum Gasteiger partial charge on any atom is 0.183 e. The maximum absolute atomic E-state index is 11.9. The topological polar surface area (TPSA) is 60.9 Å². The second kappa shape index (κ2) is 4.14. The van der Waals surface area contributed by atoms with Crippen molar-refractivity contribution in [3.8, 4) is 0 Å². The number of carbonyl (C=O) groups excluding carboxylic acids is 1. The Balaban J connectivity index is 2.85. The first-order valence-corrected chi connectivity index (χ1v) is 5.18. The molecule has 0 radical (unpaired) electrons. The summed E-state index contributed by atoms with van der Waals surface area (Å²) < 4.78 is 1.72. The third-order valence-corrected chi connectivity index (χ3v) is 2.46. The molecule has 1 atom stereocenters. The minimum atomic E-state index is -0.480. The smallest absolute Gasteiger partial charge is 0.183 e. The monoisotopic (exact) mass is 209 g/mol. The third kappa shape index (κ3) is 2.65. The lowest BCUT2D eigenvalue weighted by Crippen LogP contribution is -2.42. The van der Waals surface area contributed by atoms with Crippen LogP contribution in [-0.2, 0) is 6.54 Å². The first-order chi connectivity index (χ1) is 6.86. The van der Waals surface area contributed by atoms with Crippen LogP contribution in [-0.4, -0.2) is 21.6 Å². The van der Waals surface area contributed by atoms with Crippen molar-refractivity contribution in [3.05, 3.63) is 18.0 Å². The summed E-state index contributed by atoms with van der Waals surface area (Å²) in [6.45, 7) is 8.61. The molecule has 15 heavy (non-hydrogen) atoms. The normalized spacial score (nSPS) is 13.9. The molecule has 1 heterocycles. The van der Waals surface area contributed by atoms with E-state index in [1.165, 1.54) is 0 Å². The predicted molar refractivity (Wildman–Crippen MR) is 59.7 cm³/mol. The number of nitrogens with zero attached hydrogens (tertiary/aromatic N) is 2. The van der Waals surface area contributed by atoms with Crippen LogP contribution in [0.15, 0.2) is 12.4 Å². The van der Waals surface area contributed by atoms with Gasteiger partial charge >= 0.3 is 0 Å². The molecule has 1 unspecified atom stereocenters. The average molecular weight is 209 g/mol. The van der Waals surface area contributed by atoms with Crippen molar-refractivity contribution in [1.82, 2.24) is 9.78 Å². The fourth-order valence-electron chi connectivity index (χ4n) is 1.24. The number of aromatic nitrogens is 2. The maximum atomic E-state index is 11.9. The summed E-state index contributed by atoms with van der Waals surface area (Å²) in [5, 5.41) is 4.06. The van der Waals surface area contributed by atoms with E-state index in [1.807, 2.05) is 27.7 Å². The van der Waals surface area contributed by atoms with Gasteiger partial charge in [-0.25, -0.2) is 0 Å². The molecule has 0 aliphatic rings. The Morgan fingerprint density at radius 3 is 2.60 bits per heavy atom. The van der Waals surface area contributed by atoms with Gasteiger partial charge < -0.3 is 5.73 Å². The predicted octanol–water partition coefficient (Wildman–Crippen LogP) is 1.46. The minimum Gasteiger partial charge on any atom is -0.321 e. The van der Waals surface area contributed by atoms with E-state index in [2.05, 4.69) is 5.10 Å². The Morgan fingerprint density at radius 1 is 1.60 bits per heavy atom. The number of hydrogen-bond acceptors (Lipinski definition) is 3. The summed E-state index contributed by atoms with van der Waals surface area (Å²) in [4.78, 5) is 11.9. The van der Waals surface area contributed by atoms with Crippen molar-refractivity contribution >= 4 is 5.78 Å². The van der Waals surface area contributed by atoms with Gasteiger partial charge in [-0.2, -0.15) is 5.10 Å². The summed E-state index contributed by atoms with van der Waals surface area (Å²) >= 11 is 0. The van der Waals surface area contributed by atoms with E-state index in [-0.39, 0.29) is 11.2 Å². The highest BCUT2D eigenvalue weighted by atomic mass is 16.1. The van der Waals surface area contributed by atoms with E-state index in [9.17, 15) is 4.79 Å². The highest BCUT2D eigenvalue weighted by molar-refractivity contribution is 6.00. The van der Waals surface area contributed by atoms with Crippen LogP contribution in [0.4, 0.5) is 0 Å². The van der Waals surface area contributed by atoms with E-state index in [1.54, 1.807) is 17.1 Å². The zero-order chi connectivity index (χ0) is 11.6. The van der Waals surface area contributed by atoms with Gasteiger partial charge in [0.25, 0.3) is 0 Å². The highest BCUT2D eigenvalue weighted by Crippen LogP contribution is 2.20. The minimum absolute atomic E-state index is 0.0396. The van der Waals surface area contributed by atoms with Gasteiger partial charge in [-0.1, -0.05) is 20.8 Å². The van der Waals surface area contributed by atoms with Crippen LogP contribution in [0.3, 0.4) is 0 Å². The molecule has 84 valence electrons. The van der Waals surface area contributed by atoms with Crippen molar-refractivity contribution in [2.24, 2.45) is 11.1 Å². The lowest BCUT2D eigenvalue weighted by atomic mass is 9.83. The Labute approximate surface area is 90.5 Å². The molecular formula is C11H19N3O. The molecule has 4 nitrogen and oxygen atoms in total. The number of hydrogen-bond donors (Lipinski definition) is 1. The number of carbonyl (C=O) groups is 1.